The van der Waals surface area contributed by atoms with E-state index in [2.05, 4.69) is 20.2 Å². The van der Waals surface area contributed by atoms with Gasteiger partial charge in [-0.05, 0) is 18.2 Å². The van der Waals surface area contributed by atoms with Crippen molar-refractivity contribution in [3.05, 3.63) is 35.0 Å². The van der Waals surface area contributed by atoms with E-state index >= 15 is 0 Å². The van der Waals surface area contributed by atoms with Crippen molar-refractivity contribution in [3.8, 4) is 11.5 Å². The van der Waals surface area contributed by atoms with Crippen LogP contribution in [-0.2, 0) is 23.9 Å². The molecule has 0 spiro atoms. The van der Waals surface area contributed by atoms with E-state index in [4.69, 9.17) is 0 Å². The maximum absolute atomic E-state index is 12.9. The first-order valence-electron chi connectivity index (χ1n) is 7.72. The Kier molecular flexibility index (Phi) is 3.34. The highest BCUT2D eigenvalue weighted by Crippen LogP contribution is 2.32. The first-order valence-corrected chi connectivity index (χ1v) is 7.72. The summed E-state index contributed by atoms with van der Waals surface area (Å²) in [5.74, 6) is 0.356. The molecule has 0 fully saturated rings. The third-order valence-corrected chi connectivity index (χ3v) is 4.41. The number of rotatable bonds is 1. The van der Waals surface area contributed by atoms with Gasteiger partial charge < -0.3 is 9.88 Å². The predicted molar refractivity (Wildman–Crippen MR) is 83.5 cm³/mol. The van der Waals surface area contributed by atoms with Crippen LogP contribution >= 0.6 is 0 Å². The van der Waals surface area contributed by atoms with Gasteiger partial charge in [0, 0.05) is 37.7 Å². The van der Waals surface area contributed by atoms with Gasteiger partial charge in [0.05, 0.1) is 16.6 Å². The number of hydrogen-bond acceptors (Lipinski definition) is 3. The lowest BCUT2D eigenvalue weighted by Gasteiger charge is -2.25. The Labute approximate surface area is 140 Å². The second kappa shape index (κ2) is 5.33. The molecule has 4 rings (SSSR count). The molecule has 0 aliphatic carbocycles. The highest BCUT2D eigenvalue weighted by atomic mass is 19.4. The summed E-state index contributed by atoms with van der Waals surface area (Å²) in [5, 5.41) is 7.19. The van der Waals surface area contributed by atoms with Gasteiger partial charge in [0.2, 0.25) is 5.91 Å². The Morgan fingerprint density at radius 1 is 1.32 bits per heavy atom. The second-order valence-electron chi connectivity index (χ2n) is 6.03. The summed E-state index contributed by atoms with van der Waals surface area (Å²) in [6.07, 6.45) is -3.76. The number of imidazole rings is 1. The molecule has 25 heavy (non-hydrogen) atoms. The summed E-state index contributed by atoms with van der Waals surface area (Å²) in [5.41, 5.74) is 2.29. The molecule has 0 bridgehead atoms. The number of nitrogens with zero attached hydrogens (tertiary/aromatic N) is 3. The summed E-state index contributed by atoms with van der Waals surface area (Å²) in [4.78, 5) is 20.6. The fourth-order valence-electron chi connectivity index (χ4n) is 3.06. The van der Waals surface area contributed by atoms with E-state index in [1.165, 1.54) is 13.0 Å². The average Bonchev–Trinajstić information content (AvgIpc) is 3.15. The van der Waals surface area contributed by atoms with Gasteiger partial charge >= 0.3 is 6.18 Å². The van der Waals surface area contributed by atoms with Crippen LogP contribution in [0.3, 0.4) is 0 Å². The van der Waals surface area contributed by atoms with Gasteiger partial charge in [-0.15, -0.1) is 0 Å². The van der Waals surface area contributed by atoms with Crippen molar-refractivity contribution in [2.75, 3.05) is 6.54 Å². The van der Waals surface area contributed by atoms with Crippen molar-refractivity contribution in [3.63, 3.8) is 0 Å². The molecule has 3 aromatic rings. The number of hydrogen-bond donors (Lipinski definition) is 2. The van der Waals surface area contributed by atoms with E-state index in [9.17, 15) is 18.0 Å². The van der Waals surface area contributed by atoms with E-state index in [0.717, 1.165) is 23.4 Å². The van der Waals surface area contributed by atoms with Crippen LogP contribution in [0.1, 0.15) is 23.7 Å². The molecule has 2 N–H and O–H groups in total. The van der Waals surface area contributed by atoms with Crippen molar-refractivity contribution in [1.29, 1.82) is 0 Å². The first-order chi connectivity index (χ1) is 11.8. The van der Waals surface area contributed by atoms with Crippen LogP contribution in [0.15, 0.2) is 18.2 Å². The van der Waals surface area contributed by atoms with Gasteiger partial charge in [-0.2, -0.15) is 18.3 Å². The zero-order valence-corrected chi connectivity index (χ0v) is 13.2. The van der Waals surface area contributed by atoms with Crippen LogP contribution < -0.4 is 0 Å². The minimum absolute atomic E-state index is 0.0303. The van der Waals surface area contributed by atoms with E-state index in [0.29, 0.717) is 42.1 Å². The normalized spacial score (nSPS) is 14.8. The number of aromatic nitrogens is 4. The summed E-state index contributed by atoms with van der Waals surface area (Å²) < 4.78 is 38.6. The Morgan fingerprint density at radius 3 is 2.84 bits per heavy atom. The molecule has 6 nitrogen and oxygen atoms in total. The summed E-state index contributed by atoms with van der Waals surface area (Å²) >= 11 is 0. The summed E-state index contributed by atoms with van der Waals surface area (Å²) in [6, 6.07) is 3.37. The smallest absolute Gasteiger partial charge is 0.338 e. The number of alkyl halides is 3. The average molecular weight is 349 g/mol. The maximum Gasteiger partial charge on any atom is 0.416 e. The Hall–Kier alpha value is -2.84. The van der Waals surface area contributed by atoms with E-state index in [1.54, 1.807) is 4.90 Å². The number of H-pyrrole nitrogens is 2. The van der Waals surface area contributed by atoms with Crippen molar-refractivity contribution < 1.29 is 18.0 Å². The molecule has 9 heteroatoms. The van der Waals surface area contributed by atoms with Crippen LogP contribution in [-0.4, -0.2) is 37.5 Å². The summed E-state index contributed by atoms with van der Waals surface area (Å²) in [6.45, 7) is 2.52. The number of nitrogens with one attached hydrogen (secondary N) is 2. The highest BCUT2D eigenvalue weighted by molar-refractivity contribution is 5.80. The van der Waals surface area contributed by atoms with E-state index in [-0.39, 0.29) is 5.91 Å². The second-order valence-corrected chi connectivity index (χ2v) is 6.03. The monoisotopic (exact) mass is 349 g/mol. The van der Waals surface area contributed by atoms with Gasteiger partial charge in [0.1, 0.15) is 5.69 Å². The molecule has 0 atom stereocenters. The van der Waals surface area contributed by atoms with Crippen molar-refractivity contribution in [2.45, 2.75) is 26.1 Å². The molecule has 0 saturated heterocycles. The number of fused-ring (bicyclic) bond motifs is 2. The lowest BCUT2D eigenvalue weighted by Crippen LogP contribution is -2.34. The molecule has 0 unspecified atom stereocenters. The van der Waals surface area contributed by atoms with Gasteiger partial charge in [-0.25, -0.2) is 4.98 Å². The fraction of sp³-hybridized carbons (Fsp3) is 0.312. The Morgan fingerprint density at radius 2 is 2.12 bits per heavy atom. The molecule has 1 amide bonds. The van der Waals surface area contributed by atoms with Crippen LogP contribution in [0.5, 0.6) is 0 Å². The molecule has 2 aromatic heterocycles. The van der Waals surface area contributed by atoms with Crippen molar-refractivity contribution in [1.82, 2.24) is 25.1 Å². The molecule has 1 aromatic carbocycles. The third kappa shape index (κ3) is 2.65. The summed E-state index contributed by atoms with van der Waals surface area (Å²) in [7, 11) is 0. The standard InChI is InChI=1S/C16H14F3N5O/c1-8(25)24-5-4-11-10(7-24)14(23-22-11)15-20-12-3-2-9(16(17,18)19)6-13(12)21-15/h2-3,6H,4-5,7H2,1H3,(H,20,21)(H,22,23). The Balaban J connectivity index is 1.76. The number of amides is 1. The minimum atomic E-state index is -4.41. The van der Waals surface area contributed by atoms with Crippen molar-refractivity contribution in [2.24, 2.45) is 0 Å². The third-order valence-electron chi connectivity index (χ3n) is 4.41. The maximum atomic E-state index is 12.9. The Bertz CT molecular complexity index is 972. The quantitative estimate of drug-likeness (QED) is 0.709. The van der Waals surface area contributed by atoms with Crippen LogP contribution in [0.2, 0.25) is 0 Å². The van der Waals surface area contributed by atoms with Crippen LogP contribution in [0.25, 0.3) is 22.6 Å². The van der Waals surface area contributed by atoms with Gasteiger partial charge in [-0.3, -0.25) is 9.89 Å². The van der Waals surface area contributed by atoms with Crippen LogP contribution in [0.4, 0.5) is 13.2 Å². The van der Waals surface area contributed by atoms with Crippen LogP contribution in [0, 0.1) is 0 Å². The molecule has 0 saturated carbocycles. The SMILES string of the molecule is CC(=O)N1CCc2[nH]nc(-c3nc4ccc(C(F)(F)F)cc4[nH]3)c2C1. The molecule has 1 aliphatic rings. The molecule has 0 radical (unpaired) electrons. The van der Waals surface area contributed by atoms with E-state index < -0.39 is 11.7 Å². The highest BCUT2D eigenvalue weighted by Gasteiger charge is 2.31. The molecule has 1 aliphatic heterocycles. The number of carbonyl (C=O) groups is 1. The number of halogens is 3. The minimum Gasteiger partial charge on any atom is -0.338 e. The lowest BCUT2D eigenvalue weighted by molar-refractivity contribution is -0.137. The van der Waals surface area contributed by atoms with Gasteiger partial charge in [-0.1, -0.05) is 0 Å². The zero-order chi connectivity index (χ0) is 17.8. The predicted octanol–water partition coefficient (Wildman–Crippen LogP) is 2.88. The molecule has 130 valence electrons. The topological polar surface area (TPSA) is 77.7 Å². The number of benzene rings is 1. The van der Waals surface area contributed by atoms with Gasteiger partial charge in [0.25, 0.3) is 0 Å². The fourth-order valence-corrected chi connectivity index (χ4v) is 3.06. The lowest BCUT2D eigenvalue weighted by atomic mass is 10.1. The molecular formula is C16H14F3N5O. The van der Waals surface area contributed by atoms with Gasteiger partial charge in [0.15, 0.2) is 5.82 Å². The molecule has 3 heterocycles. The van der Waals surface area contributed by atoms with E-state index in [1.807, 2.05) is 0 Å². The first kappa shape index (κ1) is 15.7. The number of aromatic amines is 2. The number of carbonyl (C=O) groups excluding carboxylic acids is 1. The largest absolute Gasteiger partial charge is 0.416 e. The molecular weight excluding hydrogens is 335 g/mol. The zero-order valence-electron chi connectivity index (χ0n) is 13.2. The van der Waals surface area contributed by atoms with Crippen molar-refractivity contribution >= 4 is 16.9 Å².